The summed E-state index contributed by atoms with van der Waals surface area (Å²) in [6.07, 6.45) is 4.45. The van der Waals surface area contributed by atoms with Gasteiger partial charge in [-0.15, -0.1) is 0 Å². The van der Waals surface area contributed by atoms with Crippen molar-refractivity contribution in [3.05, 3.63) is 35.9 Å². The zero-order valence-electron chi connectivity index (χ0n) is 18.0. The minimum atomic E-state index is -3.23. The molecule has 0 aliphatic heterocycles. The summed E-state index contributed by atoms with van der Waals surface area (Å²) in [5, 5.41) is 6.36. The van der Waals surface area contributed by atoms with E-state index in [1.807, 2.05) is 6.07 Å². The van der Waals surface area contributed by atoms with Crippen molar-refractivity contribution in [1.82, 2.24) is 20.3 Å². The fourth-order valence-corrected chi connectivity index (χ4v) is 4.19. The molecule has 1 fully saturated rings. The number of aliphatic imine (C=N–C) groups is 1. The van der Waals surface area contributed by atoms with E-state index in [9.17, 15) is 8.42 Å². The van der Waals surface area contributed by atoms with E-state index in [4.69, 9.17) is 0 Å². The predicted octanol–water partition coefficient (Wildman–Crippen LogP) is 1.78. The Balaban J connectivity index is 1.61. The molecule has 1 atom stereocenters. The summed E-state index contributed by atoms with van der Waals surface area (Å²) in [6.45, 7) is 4.81. The van der Waals surface area contributed by atoms with E-state index in [-0.39, 0.29) is 5.75 Å². The highest BCUT2D eigenvalue weighted by atomic mass is 32.2. The number of nitrogens with zero attached hydrogens (tertiary/aromatic N) is 2. The lowest BCUT2D eigenvalue weighted by molar-refractivity contribution is 0.238. The van der Waals surface area contributed by atoms with Gasteiger partial charge in [-0.2, -0.15) is 0 Å². The van der Waals surface area contributed by atoms with Gasteiger partial charge in [-0.05, 0) is 44.7 Å². The van der Waals surface area contributed by atoms with Gasteiger partial charge in [0, 0.05) is 39.3 Å². The minimum Gasteiger partial charge on any atom is -0.356 e. The van der Waals surface area contributed by atoms with Crippen molar-refractivity contribution in [2.45, 2.75) is 45.2 Å². The molecule has 0 bridgehead atoms. The molecule has 7 nitrogen and oxygen atoms in total. The summed E-state index contributed by atoms with van der Waals surface area (Å²) in [5.41, 5.74) is 1.31. The monoisotopic (exact) mass is 423 g/mol. The minimum absolute atomic E-state index is 0.0522. The van der Waals surface area contributed by atoms with Gasteiger partial charge >= 0.3 is 0 Å². The highest BCUT2D eigenvalue weighted by molar-refractivity contribution is 7.89. The van der Waals surface area contributed by atoms with Crippen LogP contribution in [0.1, 0.15) is 38.2 Å². The van der Waals surface area contributed by atoms with Gasteiger partial charge in [0.2, 0.25) is 10.0 Å². The van der Waals surface area contributed by atoms with Crippen LogP contribution >= 0.6 is 0 Å². The molecular formula is C21H37N5O2S. The second-order valence-electron chi connectivity index (χ2n) is 7.93. The molecular weight excluding hydrogens is 386 g/mol. The third kappa shape index (κ3) is 9.14. The quantitative estimate of drug-likeness (QED) is 0.352. The Bertz CT molecular complexity index is 720. The van der Waals surface area contributed by atoms with Crippen molar-refractivity contribution in [1.29, 1.82) is 0 Å². The second-order valence-corrected chi connectivity index (χ2v) is 9.85. The van der Waals surface area contributed by atoms with Crippen molar-refractivity contribution in [3.8, 4) is 0 Å². The number of guanidine groups is 1. The third-order valence-corrected chi connectivity index (χ3v) is 6.93. The van der Waals surface area contributed by atoms with Crippen LogP contribution in [-0.4, -0.2) is 64.8 Å². The Labute approximate surface area is 176 Å². The molecule has 1 unspecified atom stereocenters. The average molecular weight is 424 g/mol. The maximum Gasteiger partial charge on any atom is 0.213 e. The van der Waals surface area contributed by atoms with Crippen molar-refractivity contribution in [2.75, 3.05) is 39.5 Å². The van der Waals surface area contributed by atoms with Crippen LogP contribution < -0.4 is 15.4 Å². The summed E-state index contributed by atoms with van der Waals surface area (Å²) >= 11 is 0. The first-order chi connectivity index (χ1) is 13.9. The Morgan fingerprint density at radius 2 is 1.90 bits per heavy atom. The number of rotatable bonds is 12. The molecule has 0 radical (unpaired) electrons. The van der Waals surface area contributed by atoms with Crippen molar-refractivity contribution in [2.24, 2.45) is 10.9 Å². The smallest absolute Gasteiger partial charge is 0.213 e. The molecule has 1 aromatic carbocycles. The maximum atomic E-state index is 12.1. The Morgan fingerprint density at radius 3 is 2.52 bits per heavy atom. The Kier molecular flexibility index (Phi) is 9.90. The molecule has 29 heavy (non-hydrogen) atoms. The molecule has 1 aliphatic carbocycles. The zero-order chi connectivity index (χ0) is 21.1. The molecule has 164 valence electrons. The highest BCUT2D eigenvalue weighted by Crippen LogP contribution is 2.25. The van der Waals surface area contributed by atoms with Gasteiger partial charge in [0.15, 0.2) is 5.96 Å². The van der Waals surface area contributed by atoms with Gasteiger partial charge in [0.05, 0.1) is 5.75 Å². The van der Waals surface area contributed by atoms with Gasteiger partial charge in [-0.1, -0.05) is 36.8 Å². The standard InChI is InChI=1S/C21H37N5O2S/c1-18(26(3)17-20-8-5-4-6-9-20)12-13-23-21(22-2)24-14-15-29(27,28)25-16-19-10-7-11-19/h4-6,8-9,18-19,25H,7,10-17H2,1-3H3,(H2,22,23,24). The lowest BCUT2D eigenvalue weighted by Gasteiger charge is -2.25. The average Bonchev–Trinajstić information content (AvgIpc) is 2.66. The topological polar surface area (TPSA) is 85.8 Å². The first-order valence-corrected chi connectivity index (χ1v) is 12.2. The van der Waals surface area contributed by atoms with E-state index in [1.165, 1.54) is 12.0 Å². The number of benzene rings is 1. The van der Waals surface area contributed by atoms with Crippen molar-refractivity contribution < 1.29 is 8.42 Å². The SMILES string of the molecule is CN=C(NCCC(C)N(C)Cc1ccccc1)NCCS(=O)(=O)NCC1CCC1. The zero-order valence-corrected chi connectivity index (χ0v) is 18.8. The number of hydrogen-bond donors (Lipinski definition) is 3. The fourth-order valence-electron chi connectivity index (χ4n) is 3.19. The van der Waals surface area contributed by atoms with Crippen LogP contribution in [0, 0.1) is 5.92 Å². The summed E-state index contributed by atoms with van der Waals surface area (Å²) in [5.74, 6) is 1.21. The van der Waals surface area contributed by atoms with Gasteiger partial charge in [-0.25, -0.2) is 13.1 Å². The van der Waals surface area contributed by atoms with E-state index in [1.54, 1.807) is 7.05 Å². The lowest BCUT2D eigenvalue weighted by atomic mass is 9.86. The molecule has 1 aliphatic rings. The first-order valence-electron chi connectivity index (χ1n) is 10.6. The van der Waals surface area contributed by atoms with E-state index in [0.29, 0.717) is 31.0 Å². The van der Waals surface area contributed by atoms with Gasteiger partial charge in [0.25, 0.3) is 0 Å². The lowest BCUT2D eigenvalue weighted by Crippen LogP contribution is -2.43. The first kappa shape index (κ1) is 23.6. The highest BCUT2D eigenvalue weighted by Gasteiger charge is 2.20. The Morgan fingerprint density at radius 1 is 1.21 bits per heavy atom. The molecule has 1 saturated carbocycles. The molecule has 1 aromatic rings. The molecule has 0 aromatic heterocycles. The molecule has 0 spiro atoms. The van der Waals surface area contributed by atoms with Crippen LogP contribution in [0.25, 0.3) is 0 Å². The number of sulfonamides is 1. The normalized spacial score (nSPS) is 16.5. The predicted molar refractivity (Wildman–Crippen MR) is 120 cm³/mol. The van der Waals surface area contributed by atoms with Crippen LogP contribution in [0.3, 0.4) is 0 Å². The van der Waals surface area contributed by atoms with E-state index >= 15 is 0 Å². The summed E-state index contributed by atoms with van der Waals surface area (Å²) in [6, 6.07) is 10.9. The molecule has 0 saturated heterocycles. The van der Waals surface area contributed by atoms with Crippen LogP contribution in [0.2, 0.25) is 0 Å². The fraction of sp³-hybridized carbons (Fsp3) is 0.667. The van der Waals surface area contributed by atoms with Crippen molar-refractivity contribution >= 4 is 16.0 Å². The van der Waals surface area contributed by atoms with Gasteiger partial charge in [-0.3, -0.25) is 9.89 Å². The molecule has 3 N–H and O–H groups in total. The van der Waals surface area contributed by atoms with Crippen LogP contribution in [0.15, 0.2) is 35.3 Å². The molecule has 8 heteroatoms. The summed E-state index contributed by atoms with van der Waals surface area (Å²) in [4.78, 5) is 6.51. The van der Waals surface area contributed by atoms with Crippen LogP contribution in [0.5, 0.6) is 0 Å². The summed E-state index contributed by atoms with van der Waals surface area (Å²) < 4.78 is 26.8. The number of hydrogen-bond acceptors (Lipinski definition) is 4. The summed E-state index contributed by atoms with van der Waals surface area (Å²) in [7, 11) is 0.596. The van der Waals surface area contributed by atoms with Gasteiger partial charge < -0.3 is 10.6 Å². The van der Waals surface area contributed by atoms with E-state index < -0.39 is 10.0 Å². The van der Waals surface area contributed by atoms with E-state index in [0.717, 1.165) is 32.4 Å². The second kappa shape index (κ2) is 12.1. The molecule has 0 amide bonds. The van der Waals surface area contributed by atoms with Crippen molar-refractivity contribution in [3.63, 3.8) is 0 Å². The molecule has 0 heterocycles. The van der Waals surface area contributed by atoms with E-state index in [2.05, 4.69) is 63.5 Å². The largest absolute Gasteiger partial charge is 0.356 e. The molecule has 2 rings (SSSR count). The van der Waals surface area contributed by atoms with Crippen LogP contribution in [0.4, 0.5) is 0 Å². The van der Waals surface area contributed by atoms with Gasteiger partial charge in [0.1, 0.15) is 0 Å². The third-order valence-electron chi connectivity index (χ3n) is 5.59. The Hall–Kier alpha value is -1.64. The van der Waals surface area contributed by atoms with Crippen LogP contribution in [-0.2, 0) is 16.6 Å². The number of nitrogens with one attached hydrogen (secondary N) is 3. The maximum absolute atomic E-state index is 12.1.